The highest BCUT2D eigenvalue weighted by atomic mass is 79.9. The van der Waals surface area contributed by atoms with Crippen molar-refractivity contribution in [1.29, 1.82) is 0 Å². The van der Waals surface area contributed by atoms with Gasteiger partial charge in [0.15, 0.2) is 0 Å². The average Bonchev–Trinajstić information content (AvgIpc) is 2.45. The molecule has 1 aromatic carbocycles. The number of benzene rings is 1. The largest absolute Gasteiger partial charge is 0.383 e. The van der Waals surface area contributed by atoms with Crippen molar-refractivity contribution in [2.45, 2.75) is 6.04 Å². The molecule has 0 amide bonds. The summed E-state index contributed by atoms with van der Waals surface area (Å²) >= 11 is 3.21. The lowest BCUT2D eigenvalue weighted by atomic mass is 10.1. The van der Waals surface area contributed by atoms with E-state index in [1.165, 1.54) is 6.07 Å². The van der Waals surface area contributed by atoms with E-state index < -0.39 is 0 Å². The van der Waals surface area contributed by atoms with Gasteiger partial charge in [-0.15, -0.1) is 0 Å². The Kier molecular flexibility index (Phi) is 8.25. The number of hydrogen-bond donors (Lipinski definition) is 1. The molecule has 0 heterocycles. The van der Waals surface area contributed by atoms with E-state index in [0.29, 0.717) is 24.2 Å². The van der Waals surface area contributed by atoms with Gasteiger partial charge in [0, 0.05) is 39.9 Å². The monoisotopic (exact) mass is 348 g/mol. The summed E-state index contributed by atoms with van der Waals surface area (Å²) in [6.45, 7) is 3.17. The van der Waals surface area contributed by atoms with Crippen LogP contribution in [0.15, 0.2) is 22.7 Å². The standard InChI is InChI=1S/C14H22BrFN2O2/c1-19-7-5-18(6-8-20-2)14(10-17)11-3-4-13(16)12(15)9-11/h3-4,9,14H,5-8,10,17H2,1-2H3. The molecule has 1 unspecified atom stereocenters. The van der Waals surface area contributed by atoms with Crippen LogP contribution in [-0.2, 0) is 9.47 Å². The van der Waals surface area contributed by atoms with Gasteiger partial charge >= 0.3 is 0 Å². The first-order valence-electron chi connectivity index (χ1n) is 6.51. The van der Waals surface area contributed by atoms with Crippen LogP contribution in [0.2, 0.25) is 0 Å². The summed E-state index contributed by atoms with van der Waals surface area (Å²) < 4.78 is 24.1. The van der Waals surface area contributed by atoms with Gasteiger partial charge in [0.05, 0.1) is 17.7 Å². The maximum atomic E-state index is 13.3. The molecule has 1 aromatic rings. The maximum Gasteiger partial charge on any atom is 0.137 e. The first-order chi connectivity index (χ1) is 9.63. The van der Waals surface area contributed by atoms with E-state index in [-0.39, 0.29) is 11.9 Å². The Hall–Kier alpha value is -0.530. The number of ether oxygens (including phenoxy) is 2. The van der Waals surface area contributed by atoms with Crippen molar-refractivity contribution < 1.29 is 13.9 Å². The summed E-state index contributed by atoms with van der Waals surface area (Å²) in [5.74, 6) is -0.273. The van der Waals surface area contributed by atoms with Crippen molar-refractivity contribution in [2.75, 3.05) is 47.1 Å². The van der Waals surface area contributed by atoms with Crippen LogP contribution < -0.4 is 5.73 Å². The predicted octanol–water partition coefficient (Wildman–Crippen LogP) is 2.18. The lowest BCUT2D eigenvalue weighted by molar-refractivity contribution is 0.0891. The molecule has 0 radical (unpaired) electrons. The molecular weight excluding hydrogens is 327 g/mol. The molecule has 0 spiro atoms. The summed E-state index contributed by atoms with van der Waals surface area (Å²) in [5, 5.41) is 0. The highest BCUT2D eigenvalue weighted by Gasteiger charge is 2.19. The van der Waals surface area contributed by atoms with Gasteiger partial charge in [-0.05, 0) is 33.6 Å². The topological polar surface area (TPSA) is 47.7 Å². The number of hydrogen-bond acceptors (Lipinski definition) is 4. The molecule has 0 aromatic heterocycles. The van der Waals surface area contributed by atoms with E-state index in [1.54, 1.807) is 26.4 Å². The van der Waals surface area contributed by atoms with Gasteiger partial charge in [-0.3, -0.25) is 4.90 Å². The second-order valence-corrected chi connectivity index (χ2v) is 5.30. The van der Waals surface area contributed by atoms with Gasteiger partial charge in [-0.25, -0.2) is 4.39 Å². The smallest absolute Gasteiger partial charge is 0.137 e. The lowest BCUT2D eigenvalue weighted by Gasteiger charge is -2.31. The third kappa shape index (κ3) is 5.10. The Morgan fingerprint density at radius 1 is 1.25 bits per heavy atom. The predicted molar refractivity (Wildman–Crippen MR) is 81.2 cm³/mol. The van der Waals surface area contributed by atoms with Crippen molar-refractivity contribution in [3.8, 4) is 0 Å². The number of nitrogens with zero attached hydrogens (tertiary/aromatic N) is 1. The van der Waals surface area contributed by atoms with E-state index in [4.69, 9.17) is 15.2 Å². The first kappa shape index (κ1) is 17.5. The molecular formula is C14H22BrFN2O2. The van der Waals surface area contributed by atoms with E-state index in [2.05, 4.69) is 20.8 Å². The molecule has 0 saturated carbocycles. The van der Waals surface area contributed by atoms with Crippen molar-refractivity contribution >= 4 is 15.9 Å². The molecule has 4 nitrogen and oxygen atoms in total. The fourth-order valence-corrected chi connectivity index (χ4v) is 2.45. The zero-order valence-electron chi connectivity index (χ0n) is 11.9. The quantitative estimate of drug-likeness (QED) is 0.743. The number of nitrogens with two attached hydrogens (primary N) is 1. The van der Waals surface area contributed by atoms with Crippen molar-refractivity contribution in [1.82, 2.24) is 4.90 Å². The van der Waals surface area contributed by atoms with Crippen LogP contribution in [0, 0.1) is 5.82 Å². The van der Waals surface area contributed by atoms with Gasteiger partial charge in [0.1, 0.15) is 5.82 Å². The van der Waals surface area contributed by atoms with Gasteiger partial charge in [0.25, 0.3) is 0 Å². The number of rotatable bonds is 9. The fraction of sp³-hybridized carbons (Fsp3) is 0.571. The van der Waals surface area contributed by atoms with Crippen LogP contribution in [0.3, 0.4) is 0 Å². The molecule has 0 saturated heterocycles. The fourth-order valence-electron chi connectivity index (χ4n) is 2.06. The SMILES string of the molecule is COCCN(CCOC)C(CN)c1ccc(F)c(Br)c1. The summed E-state index contributed by atoms with van der Waals surface area (Å²) in [6.07, 6.45) is 0. The molecule has 0 aliphatic rings. The summed E-state index contributed by atoms with van der Waals surface area (Å²) in [4.78, 5) is 2.19. The third-order valence-corrected chi connectivity index (χ3v) is 3.77. The van der Waals surface area contributed by atoms with Crippen LogP contribution in [0.1, 0.15) is 11.6 Å². The molecule has 2 N–H and O–H groups in total. The zero-order chi connectivity index (χ0) is 15.0. The highest BCUT2D eigenvalue weighted by molar-refractivity contribution is 9.10. The number of halogens is 2. The molecule has 0 aliphatic carbocycles. The third-order valence-electron chi connectivity index (χ3n) is 3.16. The molecule has 114 valence electrons. The molecule has 0 bridgehead atoms. The first-order valence-corrected chi connectivity index (χ1v) is 7.30. The van der Waals surface area contributed by atoms with Gasteiger partial charge in [0.2, 0.25) is 0 Å². The van der Waals surface area contributed by atoms with Crippen LogP contribution >= 0.6 is 15.9 Å². The van der Waals surface area contributed by atoms with Crippen LogP contribution in [0.25, 0.3) is 0 Å². The van der Waals surface area contributed by atoms with E-state index in [0.717, 1.165) is 18.7 Å². The summed E-state index contributed by atoms with van der Waals surface area (Å²) in [5.41, 5.74) is 6.88. The van der Waals surface area contributed by atoms with Crippen molar-refractivity contribution in [2.24, 2.45) is 5.73 Å². The van der Waals surface area contributed by atoms with Crippen LogP contribution in [0.4, 0.5) is 4.39 Å². The van der Waals surface area contributed by atoms with E-state index in [9.17, 15) is 4.39 Å². The lowest BCUT2D eigenvalue weighted by Crippen LogP contribution is -2.38. The molecule has 6 heteroatoms. The second-order valence-electron chi connectivity index (χ2n) is 4.45. The summed E-state index contributed by atoms with van der Waals surface area (Å²) in [7, 11) is 3.33. The van der Waals surface area contributed by atoms with Crippen molar-refractivity contribution in [3.05, 3.63) is 34.1 Å². The Morgan fingerprint density at radius 2 is 1.85 bits per heavy atom. The molecule has 0 fully saturated rings. The zero-order valence-corrected chi connectivity index (χ0v) is 13.5. The highest BCUT2D eigenvalue weighted by Crippen LogP contribution is 2.24. The van der Waals surface area contributed by atoms with Crippen molar-refractivity contribution in [3.63, 3.8) is 0 Å². The molecule has 0 aliphatic heterocycles. The Balaban J connectivity index is 2.88. The minimum atomic E-state index is -0.273. The van der Waals surface area contributed by atoms with Gasteiger partial charge in [-0.1, -0.05) is 6.07 Å². The minimum Gasteiger partial charge on any atom is -0.383 e. The average molecular weight is 349 g/mol. The van der Waals surface area contributed by atoms with Gasteiger partial charge in [-0.2, -0.15) is 0 Å². The summed E-state index contributed by atoms with van der Waals surface area (Å²) in [6, 6.07) is 5.01. The number of methoxy groups -OCH3 is 2. The van der Waals surface area contributed by atoms with Crippen LogP contribution in [0.5, 0.6) is 0 Å². The minimum absolute atomic E-state index is 0.0113. The Labute approximate surface area is 128 Å². The van der Waals surface area contributed by atoms with Gasteiger partial charge < -0.3 is 15.2 Å². The van der Waals surface area contributed by atoms with E-state index >= 15 is 0 Å². The maximum absolute atomic E-state index is 13.3. The second kappa shape index (κ2) is 9.41. The normalized spacial score (nSPS) is 12.9. The van der Waals surface area contributed by atoms with Crippen LogP contribution in [-0.4, -0.2) is 52.0 Å². The Morgan fingerprint density at radius 3 is 2.30 bits per heavy atom. The molecule has 20 heavy (non-hydrogen) atoms. The molecule has 1 atom stereocenters. The molecule has 1 rings (SSSR count). The van der Waals surface area contributed by atoms with E-state index in [1.807, 2.05) is 0 Å². The Bertz CT molecular complexity index is 399.